The second kappa shape index (κ2) is 4.42. The van der Waals surface area contributed by atoms with E-state index in [0.717, 1.165) is 11.5 Å². The monoisotopic (exact) mass is 261 g/mol. The summed E-state index contributed by atoms with van der Waals surface area (Å²) in [5.74, 6) is 1.43. The van der Waals surface area contributed by atoms with Crippen LogP contribution in [0.2, 0.25) is 0 Å². The Morgan fingerprint density at radius 1 is 1.32 bits per heavy atom. The van der Waals surface area contributed by atoms with E-state index in [1.807, 2.05) is 18.0 Å². The molecule has 0 bridgehead atoms. The number of anilines is 1. The van der Waals surface area contributed by atoms with E-state index in [1.54, 1.807) is 0 Å². The molecule has 0 saturated heterocycles. The molecule has 3 N–H and O–H groups in total. The third kappa shape index (κ3) is 2.59. The van der Waals surface area contributed by atoms with Crippen LogP contribution in [0.15, 0.2) is 21.7 Å². The highest BCUT2D eigenvalue weighted by molar-refractivity contribution is 5.40. The van der Waals surface area contributed by atoms with Crippen LogP contribution in [0.3, 0.4) is 0 Å². The fourth-order valence-electron chi connectivity index (χ4n) is 2.07. The lowest BCUT2D eigenvalue weighted by Crippen LogP contribution is -2.26. The summed E-state index contributed by atoms with van der Waals surface area (Å²) in [6.07, 6.45) is 2.43. The van der Waals surface area contributed by atoms with Crippen molar-refractivity contribution in [3.8, 4) is 0 Å². The van der Waals surface area contributed by atoms with Crippen LogP contribution in [0.5, 0.6) is 0 Å². The molecular formula is C12H15N5O2. The van der Waals surface area contributed by atoms with Crippen LogP contribution in [0.1, 0.15) is 30.1 Å². The van der Waals surface area contributed by atoms with Gasteiger partial charge in [-0.1, -0.05) is 0 Å². The van der Waals surface area contributed by atoms with Crippen LogP contribution in [0.4, 0.5) is 5.82 Å². The van der Waals surface area contributed by atoms with E-state index in [9.17, 15) is 9.59 Å². The first-order chi connectivity index (χ1) is 9.11. The largest absolute Gasteiger partial charge is 0.352 e. The maximum atomic E-state index is 11.2. The zero-order valence-corrected chi connectivity index (χ0v) is 10.6. The minimum absolute atomic E-state index is 0.396. The molecule has 19 heavy (non-hydrogen) atoms. The molecule has 2 aromatic heterocycles. The van der Waals surface area contributed by atoms with Gasteiger partial charge in [-0.25, -0.2) is 4.79 Å². The Morgan fingerprint density at radius 2 is 2.11 bits per heavy atom. The summed E-state index contributed by atoms with van der Waals surface area (Å²) in [5, 5.41) is 7.27. The molecule has 2 heterocycles. The van der Waals surface area contributed by atoms with E-state index in [-0.39, 0.29) is 0 Å². The highest BCUT2D eigenvalue weighted by atomic mass is 16.2. The molecule has 0 aliphatic heterocycles. The lowest BCUT2D eigenvalue weighted by molar-refractivity contribution is 0.833. The van der Waals surface area contributed by atoms with Crippen molar-refractivity contribution >= 4 is 5.82 Å². The summed E-state index contributed by atoms with van der Waals surface area (Å²) in [6, 6.07) is 3.40. The quantitative estimate of drug-likeness (QED) is 0.737. The topological polar surface area (TPSA) is 97.6 Å². The van der Waals surface area contributed by atoms with Gasteiger partial charge < -0.3 is 9.88 Å². The smallest absolute Gasteiger partial charge is 0.325 e. The molecule has 2 aromatic rings. The van der Waals surface area contributed by atoms with Crippen molar-refractivity contribution in [2.24, 2.45) is 0 Å². The van der Waals surface area contributed by atoms with Crippen molar-refractivity contribution in [3.05, 3.63) is 44.4 Å². The average molecular weight is 261 g/mol. The Balaban J connectivity index is 1.77. The van der Waals surface area contributed by atoms with Gasteiger partial charge in [0.15, 0.2) is 5.82 Å². The fraction of sp³-hybridized carbons (Fsp3) is 0.417. The summed E-state index contributed by atoms with van der Waals surface area (Å²) in [7, 11) is 1.87. The molecule has 100 valence electrons. The molecule has 1 aliphatic rings. The lowest BCUT2D eigenvalue weighted by atomic mass is 10.3. The Morgan fingerprint density at radius 3 is 2.79 bits per heavy atom. The Bertz CT molecular complexity index is 666. The summed E-state index contributed by atoms with van der Waals surface area (Å²) in [4.78, 5) is 29.0. The van der Waals surface area contributed by atoms with E-state index in [1.165, 1.54) is 18.9 Å². The maximum Gasteiger partial charge on any atom is 0.325 e. The van der Waals surface area contributed by atoms with Crippen molar-refractivity contribution in [1.29, 1.82) is 0 Å². The van der Waals surface area contributed by atoms with Crippen molar-refractivity contribution in [2.45, 2.75) is 25.3 Å². The molecule has 0 spiro atoms. The van der Waals surface area contributed by atoms with Gasteiger partial charge in [-0.05, 0) is 12.8 Å². The maximum absolute atomic E-state index is 11.2. The van der Waals surface area contributed by atoms with Crippen molar-refractivity contribution in [2.75, 3.05) is 11.9 Å². The zero-order chi connectivity index (χ0) is 13.4. The van der Waals surface area contributed by atoms with E-state index in [2.05, 4.69) is 20.2 Å². The number of rotatable bonds is 4. The average Bonchev–Trinajstić information content (AvgIpc) is 3.05. The van der Waals surface area contributed by atoms with Crippen LogP contribution in [-0.4, -0.2) is 27.2 Å². The van der Waals surface area contributed by atoms with E-state index in [0.29, 0.717) is 18.2 Å². The lowest BCUT2D eigenvalue weighted by Gasteiger charge is -2.15. The van der Waals surface area contributed by atoms with Gasteiger partial charge in [0.05, 0.1) is 6.54 Å². The van der Waals surface area contributed by atoms with Crippen LogP contribution in [-0.2, 0) is 6.54 Å². The molecule has 3 rings (SSSR count). The van der Waals surface area contributed by atoms with Gasteiger partial charge in [-0.2, -0.15) is 5.10 Å². The second-order valence-corrected chi connectivity index (χ2v) is 4.92. The second-order valence-electron chi connectivity index (χ2n) is 4.92. The summed E-state index contributed by atoms with van der Waals surface area (Å²) >= 11 is 0. The zero-order valence-electron chi connectivity index (χ0n) is 10.6. The first-order valence-corrected chi connectivity index (χ1v) is 6.21. The number of nitrogens with zero attached hydrogens (tertiary/aromatic N) is 2. The highest BCUT2D eigenvalue weighted by Crippen LogP contribution is 2.39. The van der Waals surface area contributed by atoms with Gasteiger partial charge in [0.2, 0.25) is 0 Å². The number of aromatic nitrogens is 4. The summed E-state index contributed by atoms with van der Waals surface area (Å²) in [6.45, 7) is 0.425. The van der Waals surface area contributed by atoms with Crippen LogP contribution < -0.4 is 16.1 Å². The minimum atomic E-state index is -0.489. The van der Waals surface area contributed by atoms with Crippen molar-refractivity contribution in [1.82, 2.24) is 20.2 Å². The van der Waals surface area contributed by atoms with Crippen LogP contribution in [0, 0.1) is 0 Å². The molecular weight excluding hydrogens is 246 g/mol. The number of H-pyrrole nitrogens is 3. The molecule has 7 heteroatoms. The molecule has 0 radical (unpaired) electrons. The standard InChI is InChI=1S/C12H15N5O2/c1-17(6-8-4-11(18)14-12(19)13-8)10-5-9(15-16-10)7-2-3-7/h4-5,7H,2-3,6H2,1H3,(H,15,16)(H2,13,14,18,19). The number of aromatic amines is 3. The van der Waals surface area contributed by atoms with Crippen molar-refractivity contribution < 1.29 is 0 Å². The predicted octanol–water partition coefficient (Wildman–Crippen LogP) is 0.300. The molecule has 0 unspecified atom stereocenters. The normalized spacial score (nSPS) is 14.6. The van der Waals surface area contributed by atoms with E-state index in [4.69, 9.17) is 0 Å². The molecule has 0 amide bonds. The molecule has 0 aromatic carbocycles. The first kappa shape index (κ1) is 11.8. The van der Waals surface area contributed by atoms with Gasteiger partial charge in [0.25, 0.3) is 5.56 Å². The van der Waals surface area contributed by atoms with Gasteiger partial charge in [0, 0.05) is 36.5 Å². The van der Waals surface area contributed by atoms with E-state index < -0.39 is 11.2 Å². The van der Waals surface area contributed by atoms with Crippen LogP contribution >= 0.6 is 0 Å². The first-order valence-electron chi connectivity index (χ1n) is 6.21. The highest BCUT2D eigenvalue weighted by Gasteiger charge is 2.25. The third-order valence-electron chi connectivity index (χ3n) is 3.22. The Hall–Kier alpha value is -2.31. The Labute approximate surface area is 108 Å². The van der Waals surface area contributed by atoms with Crippen LogP contribution in [0.25, 0.3) is 0 Å². The summed E-state index contributed by atoms with van der Waals surface area (Å²) < 4.78 is 0. The number of hydrogen-bond acceptors (Lipinski definition) is 4. The van der Waals surface area contributed by atoms with Gasteiger partial charge in [-0.15, -0.1) is 0 Å². The number of nitrogens with one attached hydrogen (secondary N) is 3. The van der Waals surface area contributed by atoms with Crippen molar-refractivity contribution in [3.63, 3.8) is 0 Å². The molecule has 7 nitrogen and oxygen atoms in total. The third-order valence-corrected chi connectivity index (χ3v) is 3.22. The Kier molecular flexibility index (Phi) is 2.73. The number of hydrogen-bond donors (Lipinski definition) is 3. The van der Waals surface area contributed by atoms with Gasteiger partial charge in [-0.3, -0.25) is 14.9 Å². The molecule has 0 atom stereocenters. The minimum Gasteiger partial charge on any atom is -0.352 e. The summed E-state index contributed by atoms with van der Waals surface area (Å²) in [5.41, 5.74) is 0.831. The SMILES string of the molecule is CN(Cc1cc(=O)[nH]c(=O)[nH]1)c1cc(C2CC2)[nH]n1. The van der Waals surface area contributed by atoms with E-state index >= 15 is 0 Å². The molecule has 1 aliphatic carbocycles. The van der Waals surface area contributed by atoms with Gasteiger partial charge in [0.1, 0.15) is 0 Å². The fourth-order valence-corrected chi connectivity index (χ4v) is 2.07. The molecule has 1 saturated carbocycles. The predicted molar refractivity (Wildman–Crippen MR) is 70.4 cm³/mol. The van der Waals surface area contributed by atoms with Gasteiger partial charge >= 0.3 is 5.69 Å². The molecule has 1 fully saturated rings.